The molecule has 0 bridgehead atoms. The first-order chi connectivity index (χ1) is 9.15. The third-order valence-electron chi connectivity index (χ3n) is 4.03. The fraction of sp³-hybridized carbons (Fsp3) is 0.600. The van der Waals surface area contributed by atoms with Crippen molar-refractivity contribution in [3.05, 3.63) is 34.6 Å². The monoisotopic (exact) mass is 303 g/mol. The van der Waals surface area contributed by atoms with Gasteiger partial charge in [-0.15, -0.1) is 11.6 Å². The zero-order valence-electron chi connectivity index (χ0n) is 11.0. The summed E-state index contributed by atoms with van der Waals surface area (Å²) in [6.07, 6.45) is 6.16. The Hall–Kier alpha value is -0.310. The smallest absolute Gasteiger partial charge is 0.129 e. The Labute approximate surface area is 124 Å². The van der Waals surface area contributed by atoms with Gasteiger partial charge in [0.15, 0.2) is 0 Å². The summed E-state index contributed by atoms with van der Waals surface area (Å²) in [7, 11) is 0. The van der Waals surface area contributed by atoms with Gasteiger partial charge in [-0.05, 0) is 30.4 Å². The normalized spacial score (nSPS) is 18.5. The van der Waals surface area contributed by atoms with E-state index in [0.29, 0.717) is 23.0 Å². The molecular formula is C15H20Cl2FN. The highest BCUT2D eigenvalue weighted by atomic mass is 35.5. The molecule has 0 aromatic heterocycles. The zero-order chi connectivity index (χ0) is 13.7. The van der Waals surface area contributed by atoms with Crippen LogP contribution in [0.15, 0.2) is 18.2 Å². The van der Waals surface area contributed by atoms with E-state index in [1.54, 1.807) is 12.1 Å². The first-order valence-corrected chi connectivity index (χ1v) is 7.77. The minimum Gasteiger partial charge on any atom is -0.312 e. The topological polar surface area (TPSA) is 12.0 Å². The van der Waals surface area contributed by atoms with Crippen molar-refractivity contribution in [2.75, 3.05) is 12.4 Å². The molecule has 0 atom stereocenters. The van der Waals surface area contributed by atoms with Crippen molar-refractivity contribution in [3.63, 3.8) is 0 Å². The van der Waals surface area contributed by atoms with Crippen molar-refractivity contribution in [3.8, 4) is 0 Å². The predicted molar refractivity (Wildman–Crippen MR) is 79.4 cm³/mol. The van der Waals surface area contributed by atoms with E-state index in [1.807, 2.05) is 0 Å². The highest BCUT2D eigenvalue weighted by Crippen LogP contribution is 2.36. The third-order valence-corrected chi connectivity index (χ3v) is 4.83. The Morgan fingerprint density at radius 2 is 1.95 bits per heavy atom. The fourth-order valence-electron chi connectivity index (χ4n) is 2.79. The number of rotatable bonds is 5. The zero-order valence-corrected chi connectivity index (χ0v) is 12.5. The van der Waals surface area contributed by atoms with Gasteiger partial charge >= 0.3 is 0 Å². The van der Waals surface area contributed by atoms with E-state index < -0.39 is 0 Å². The lowest BCUT2D eigenvalue weighted by Crippen LogP contribution is -2.37. The third kappa shape index (κ3) is 4.08. The Balaban J connectivity index is 1.88. The largest absolute Gasteiger partial charge is 0.312 e. The van der Waals surface area contributed by atoms with E-state index in [4.69, 9.17) is 23.2 Å². The summed E-state index contributed by atoms with van der Waals surface area (Å²) in [4.78, 5) is 0. The summed E-state index contributed by atoms with van der Waals surface area (Å²) in [5.41, 5.74) is 0.854. The molecule has 1 saturated carbocycles. The maximum atomic E-state index is 13.6. The lowest BCUT2D eigenvalue weighted by atomic mass is 9.75. The standard InChI is InChI=1S/C15H20Cl2FN/c16-10-15(6-2-1-3-7-15)11-19-9-12-4-5-13(17)8-14(12)18/h4-5,8,19H,1-3,6-7,9-11H2. The SMILES string of the molecule is Fc1cc(Cl)ccc1CNCC1(CCl)CCCCC1. The number of nitrogens with one attached hydrogen (secondary N) is 1. The lowest BCUT2D eigenvalue weighted by molar-refractivity contribution is 0.212. The highest BCUT2D eigenvalue weighted by Gasteiger charge is 2.30. The van der Waals surface area contributed by atoms with E-state index in [-0.39, 0.29) is 11.2 Å². The Bertz CT molecular complexity index is 417. The maximum absolute atomic E-state index is 13.6. The van der Waals surface area contributed by atoms with Crippen LogP contribution < -0.4 is 5.32 Å². The second-order valence-electron chi connectivity index (χ2n) is 5.53. The molecule has 1 aliphatic carbocycles. The molecule has 0 heterocycles. The van der Waals surface area contributed by atoms with Gasteiger partial charge in [-0.25, -0.2) is 4.39 Å². The number of hydrogen-bond donors (Lipinski definition) is 1. The molecule has 1 aromatic rings. The first-order valence-electron chi connectivity index (χ1n) is 6.86. The second-order valence-corrected chi connectivity index (χ2v) is 6.24. The molecule has 2 rings (SSSR count). The molecule has 0 aliphatic heterocycles. The summed E-state index contributed by atoms with van der Waals surface area (Å²) >= 11 is 11.9. The second kappa shape index (κ2) is 6.92. The van der Waals surface area contributed by atoms with Crippen LogP contribution in [0.25, 0.3) is 0 Å². The maximum Gasteiger partial charge on any atom is 0.129 e. The molecule has 19 heavy (non-hydrogen) atoms. The Morgan fingerprint density at radius 1 is 1.21 bits per heavy atom. The molecule has 0 amide bonds. The van der Waals surface area contributed by atoms with Crippen LogP contribution in [0.1, 0.15) is 37.7 Å². The summed E-state index contributed by atoms with van der Waals surface area (Å²) < 4.78 is 13.6. The van der Waals surface area contributed by atoms with Crippen LogP contribution in [0.5, 0.6) is 0 Å². The molecule has 0 radical (unpaired) electrons. The summed E-state index contributed by atoms with van der Waals surface area (Å²) in [5, 5.41) is 3.79. The molecule has 1 nitrogen and oxygen atoms in total. The van der Waals surface area contributed by atoms with Crippen LogP contribution in [0, 0.1) is 11.2 Å². The van der Waals surface area contributed by atoms with Gasteiger partial charge in [0.05, 0.1) is 0 Å². The summed E-state index contributed by atoms with van der Waals surface area (Å²) in [6, 6.07) is 4.81. The molecule has 1 N–H and O–H groups in total. The average Bonchev–Trinajstić information content (AvgIpc) is 2.42. The number of hydrogen-bond acceptors (Lipinski definition) is 1. The van der Waals surface area contributed by atoms with Crippen molar-refractivity contribution >= 4 is 23.2 Å². The van der Waals surface area contributed by atoms with E-state index in [9.17, 15) is 4.39 Å². The average molecular weight is 304 g/mol. The van der Waals surface area contributed by atoms with Gasteiger partial charge in [0.2, 0.25) is 0 Å². The molecule has 1 fully saturated rings. The fourth-order valence-corrected chi connectivity index (χ4v) is 3.31. The van der Waals surface area contributed by atoms with Crippen molar-refractivity contribution in [1.29, 1.82) is 0 Å². The van der Waals surface area contributed by atoms with Gasteiger partial charge < -0.3 is 5.32 Å². The highest BCUT2D eigenvalue weighted by molar-refractivity contribution is 6.30. The molecule has 1 aliphatic rings. The van der Waals surface area contributed by atoms with Crippen LogP contribution in [-0.4, -0.2) is 12.4 Å². The number of alkyl halides is 1. The lowest BCUT2D eigenvalue weighted by Gasteiger charge is -2.35. The number of halogens is 3. The van der Waals surface area contributed by atoms with E-state index in [1.165, 1.54) is 38.2 Å². The molecule has 106 valence electrons. The number of benzene rings is 1. The van der Waals surface area contributed by atoms with Crippen molar-refractivity contribution in [2.24, 2.45) is 5.41 Å². The van der Waals surface area contributed by atoms with Gasteiger partial charge in [-0.1, -0.05) is 36.9 Å². The van der Waals surface area contributed by atoms with Crippen LogP contribution in [0.3, 0.4) is 0 Å². The van der Waals surface area contributed by atoms with Crippen LogP contribution in [0.2, 0.25) is 5.02 Å². The Kier molecular flexibility index (Phi) is 5.49. The quantitative estimate of drug-likeness (QED) is 0.774. The minimum absolute atomic E-state index is 0.197. The predicted octanol–water partition coefficient (Wildman–Crippen LogP) is 4.76. The van der Waals surface area contributed by atoms with Crippen LogP contribution >= 0.6 is 23.2 Å². The van der Waals surface area contributed by atoms with E-state index >= 15 is 0 Å². The Morgan fingerprint density at radius 3 is 2.58 bits per heavy atom. The molecule has 1 aromatic carbocycles. The van der Waals surface area contributed by atoms with Gasteiger partial charge in [0, 0.05) is 29.6 Å². The van der Waals surface area contributed by atoms with Gasteiger partial charge in [-0.2, -0.15) is 0 Å². The van der Waals surface area contributed by atoms with E-state index in [2.05, 4.69) is 5.32 Å². The van der Waals surface area contributed by atoms with Crippen LogP contribution in [-0.2, 0) is 6.54 Å². The van der Waals surface area contributed by atoms with E-state index in [0.717, 1.165) is 6.54 Å². The van der Waals surface area contributed by atoms with Gasteiger partial charge in [0.25, 0.3) is 0 Å². The first kappa shape index (κ1) is 15.1. The van der Waals surface area contributed by atoms with Crippen molar-refractivity contribution in [1.82, 2.24) is 5.32 Å². The molecule has 0 unspecified atom stereocenters. The van der Waals surface area contributed by atoms with Crippen molar-refractivity contribution in [2.45, 2.75) is 38.6 Å². The molecular weight excluding hydrogens is 284 g/mol. The summed E-state index contributed by atoms with van der Waals surface area (Å²) in [6.45, 7) is 1.39. The molecule has 0 saturated heterocycles. The van der Waals surface area contributed by atoms with Crippen LogP contribution in [0.4, 0.5) is 4.39 Å². The van der Waals surface area contributed by atoms with Gasteiger partial charge in [0.1, 0.15) is 5.82 Å². The summed E-state index contributed by atoms with van der Waals surface area (Å²) in [5.74, 6) is 0.437. The molecule has 0 spiro atoms. The van der Waals surface area contributed by atoms with Crippen molar-refractivity contribution < 1.29 is 4.39 Å². The minimum atomic E-state index is -0.247. The van der Waals surface area contributed by atoms with Gasteiger partial charge in [-0.3, -0.25) is 0 Å². The molecule has 4 heteroatoms.